The van der Waals surface area contributed by atoms with Crippen molar-refractivity contribution in [2.45, 2.75) is 0 Å². The highest BCUT2D eigenvalue weighted by molar-refractivity contribution is 6.31. The van der Waals surface area contributed by atoms with Crippen molar-refractivity contribution in [1.82, 2.24) is 0 Å². The molecule has 0 aliphatic carbocycles. The lowest BCUT2D eigenvalue weighted by atomic mass is 10.1. The van der Waals surface area contributed by atoms with Crippen LogP contribution in [-0.2, 0) is 0 Å². The maximum absolute atomic E-state index is 11.8. The monoisotopic (exact) mass is 258 g/mol. The van der Waals surface area contributed by atoms with E-state index in [0.717, 1.165) is 5.56 Å². The number of carbonyl (C=O) groups excluding carboxylic acids is 1. The normalized spacial score (nSPS) is 10.7. The van der Waals surface area contributed by atoms with Crippen molar-refractivity contribution in [1.29, 1.82) is 0 Å². The molecule has 18 heavy (non-hydrogen) atoms. The van der Waals surface area contributed by atoms with Crippen LogP contribution in [0.1, 0.15) is 15.9 Å². The van der Waals surface area contributed by atoms with Gasteiger partial charge in [-0.3, -0.25) is 4.79 Å². The molecular weight excluding hydrogens is 248 g/mol. The smallest absolute Gasteiger partial charge is 0.185 e. The SMILES string of the molecule is O=C(C=Cc1cccc(O)c1)c1cccc(Cl)c1. The number of halogens is 1. The molecule has 2 rings (SSSR count). The Labute approximate surface area is 110 Å². The predicted molar refractivity (Wildman–Crippen MR) is 72.9 cm³/mol. The number of benzene rings is 2. The molecule has 0 saturated heterocycles. The van der Waals surface area contributed by atoms with Crippen LogP contribution in [0.15, 0.2) is 54.6 Å². The highest BCUT2D eigenvalue weighted by atomic mass is 35.5. The van der Waals surface area contributed by atoms with Gasteiger partial charge in [0.25, 0.3) is 0 Å². The van der Waals surface area contributed by atoms with Crippen LogP contribution in [0.4, 0.5) is 0 Å². The Kier molecular flexibility index (Phi) is 3.80. The van der Waals surface area contributed by atoms with Gasteiger partial charge in [0.2, 0.25) is 0 Å². The molecule has 0 amide bonds. The molecular formula is C15H11ClO2. The minimum Gasteiger partial charge on any atom is -0.508 e. The molecule has 2 aromatic carbocycles. The number of aromatic hydroxyl groups is 1. The Bertz CT molecular complexity index is 603. The highest BCUT2D eigenvalue weighted by Gasteiger charge is 2.01. The Morgan fingerprint density at radius 3 is 2.61 bits per heavy atom. The zero-order chi connectivity index (χ0) is 13.0. The number of hydrogen-bond acceptors (Lipinski definition) is 2. The largest absolute Gasteiger partial charge is 0.508 e. The summed E-state index contributed by atoms with van der Waals surface area (Å²) in [4.78, 5) is 11.8. The van der Waals surface area contributed by atoms with Gasteiger partial charge in [0.05, 0.1) is 0 Å². The lowest BCUT2D eigenvalue weighted by Crippen LogP contribution is -1.93. The van der Waals surface area contributed by atoms with Crippen LogP contribution in [0, 0.1) is 0 Å². The van der Waals surface area contributed by atoms with Gasteiger partial charge >= 0.3 is 0 Å². The fourth-order valence-electron chi connectivity index (χ4n) is 1.54. The average Bonchev–Trinajstić information content (AvgIpc) is 2.36. The molecule has 0 unspecified atom stereocenters. The third-order valence-corrected chi connectivity index (χ3v) is 2.64. The third-order valence-electron chi connectivity index (χ3n) is 2.41. The van der Waals surface area contributed by atoms with E-state index >= 15 is 0 Å². The summed E-state index contributed by atoms with van der Waals surface area (Å²) in [7, 11) is 0. The zero-order valence-electron chi connectivity index (χ0n) is 9.51. The highest BCUT2D eigenvalue weighted by Crippen LogP contribution is 2.14. The standard InChI is InChI=1S/C15H11ClO2/c16-13-5-2-4-12(10-13)15(18)8-7-11-3-1-6-14(17)9-11/h1-10,17H. The van der Waals surface area contributed by atoms with Gasteiger partial charge < -0.3 is 5.11 Å². The summed E-state index contributed by atoms with van der Waals surface area (Å²) in [6.45, 7) is 0. The second kappa shape index (κ2) is 5.52. The lowest BCUT2D eigenvalue weighted by molar-refractivity contribution is 0.104. The van der Waals surface area contributed by atoms with Crippen LogP contribution in [0.2, 0.25) is 5.02 Å². The topological polar surface area (TPSA) is 37.3 Å². The molecule has 0 saturated carbocycles. The minimum atomic E-state index is -0.124. The van der Waals surface area contributed by atoms with Gasteiger partial charge in [-0.2, -0.15) is 0 Å². The first kappa shape index (κ1) is 12.4. The summed E-state index contributed by atoms with van der Waals surface area (Å²) in [5, 5.41) is 9.83. The number of hydrogen-bond donors (Lipinski definition) is 1. The van der Waals surface area contributed by atoms with Gasteiger partial charge in [0.1, 0.15) is 5.75 Å². The van der Waals surface area contributed by atoms with Crippen molar-refractivity contribution in [3.8, 4) is 5.75 Å². The molecule has 3 heteroatoms. The summed E-state index contributed by atoms with van der Waals surface area (Å²) in [5.74, 6) is 0.0493. The van der Waals surface area contributed by atoms with E-state index in [1.165, 1.54) is 6.08 Å². The Hall–Kier alpha value is -2.06. The van der Waals surface area contributed by atoms with Crippen molar-refractivity contribution < 1.29 is 9.90 Å². The number of allylic oxidation sites excluding steroid dienone is 1. The molecule has 0 spiro atoms. The lowest BCUT2D eigenvalue weighted by Gasteiger charge is -1.97. The van der Waals surface area contributed by atoms with Gasteiger partial charge in [0.15, 0.2) is 5.78 Å². The average molecular weight is 259 g/mol. The van der Waals surface area contributed by atoms with Crippen LogP contribution in [0.25, 0.3) is 6.08 Å². The molecule has 0 aromatic heterocycles. The van der Waals surface area contributed by atoms with Crippen molar-refractivity contribution in [3.05, 3.63) is 70.8 Å². The van der Waals surface area contributed by atoms with E-state index < -0.39 is 0 Å². The summed E-state index contributed by atoms with van der Waals surface area (Å²) in [6, 6.07) is 13.5. The fraction of sp³-hybridized carbons (Fsp3) is 0. The van der Waals surface area contributed by atoms with Gasteiger partial charge in [-0.05, 0) is 35.9 Å². The first-order valence-corrected chi connectivity index (χ1v) is 5.80. The van der Waals surface area contributed by atoms with Crippen LogP contribution in [-0.4, -0.2) is 10.9 Å². The molecule has 0 aliphatic rings. The molecule has 2 nitrogen and oxygen atoms in total. The molecule has 2 aromatic rings. The van der Waals surface area contributed by atoms with Gasteiger partial charge in [-0.1, -0.05) is 41.9 Å². The molecule has 0 bridgehead atoms. The first-order chi connectivity index (χ1) is 8.65. The maximum Gasteiger partial charge on any atom is 0.185 e. The molecule has 0 aliphatic heterocycles. The third kappa shape index (κ3) is 3.22. The number of ketones is 1. The molecule has 0 radical (unpaired) electrons. The quantitative estimate of drug-likeness (QED) is 0.669. The van der Waals surface area contributed by atoms with Crippen LogP contribution in [0.3, 0.4) is 0 Å². The van der Waals surface area contributed by atoms with Crippen LogP contribution < -0.4 is 0 Å². The van der Waals surface area contributed by atoms with Gasteiger partial charge in [-0.15, -0.1) is 0 Å². The van der Waals surface area contributed by atoms with Gasteiger partial charge in [0, 0.05) is 10.6 Å². The minimum absolute atomic E-state index is 0.124. The van der Waals surface area contributed by atoms with E-state index in [9.17, 15) is 9.90 Å². The van der Waals surface area contributed by atoms with Gasteiger partial charge in [-0.25, -0.2) is 0 Å². The predicted octanol–water partition coefficient (Wildman–Crippen LogP) is 3.94. The van der Waals surface area contributed by atoms with Crippen LogP contribution >= 0.6 is 11.6 Å². The molecule has 0 fully saturated rings. The molecule has 90 valence electrons. The molecule has 0 heterocycles. The molecule has 0 atom stereocenters. The summed E-state index contributed by atoms with van der Waals surface area (Å²) in [5.41, 5.74) is 1.31. The number of carbonyl (C=O) groups is 1. The van der Waals surface area contributed by atoms with Crippen molar-refractivity contribution in [2.24, 2.45) is 0 Å². The summed E-state index contributed by atoms with van der Waals surface area (Å²) < 4.78 is 0. The van der Waals surface area contributed by atoms with E-state index in [-0.39, 0.29) is 11.5 Å². The molecule has 1 N–H and O–H groups in total. The Balaban J connectivity index is 2.17. The van der Waals surface area contributed by atoms with Crippen molar-refractivity contribution in [3.63, 3.8) is 0 Å². The second-order valence-corrected chi connectivity index (χ2v) is 4.24. The summed E-state index contributed by atoms with van der Waals surface area (Å²) >= 11 is 5.82. The van der Waals surface area contributed by atoms with Crippen LogP contribution in [0.5, 0.6) is 5.75 Å². The van der Waals surface area contributed by atoms with E-state index in [1.54, 1.807) is 48.5 Å². The Morgan fingerprint density at radius 1 is 1.11 bits per heavy atom. The van der Waals surface area contributed by atoms with E-state index in [0.29, 0.717) is 10.6 Å². The fourth-order valence-corrected chi connectivity index (χ4v) is 1.73. The van der Waals surface area contributed by atoms with E-state index in [4.69, 9.17) is 11.6 Å². The van der Waals surface area contributed by atoms with Crippen molar-refractivity contribution in [2.75, 3.05) is 0 Å². The number of rotatable bonds is 3. The van der Waals surface area contributed by atoms with Crippen molar-refractivity contribution >= 4 is 23.5 Å². The summed E-state index contributed by atoms with van der Waals surface area (Å²) in [6.07, 6.45) is 3.11. The number of phenols is 1. The maximum atomic E-state index is 11.8. The first-order valence-electron chi connectivity index (χ1n) is 5.42. The zero-order valence-corrected chi connectivity index (χ0v) is 10.3. The Morgan fingerprint density at radius 2 is 1.89 bits per heavy atom. The van der Waals surface area contributed by atoms with E-state index in [1.807, 2.05) is 6.07 Å². The number of phenolic OH excluding ortho intramolecular Hbond substituents is 1. The van der Waals surface area contributed by atoms with E-state index in [2.05, 4.69) is 0 Å². The second-order valence-electron chi connectivity index (χ2n) is 3.80.